The number of pyridine rings is 1. The van der Waals surface area contributed by atoms with Crippen molar-refractivity contribution in [2.24, 2.45) is 0 Å². The number of nitrogens with one attached hydrogen (secondary N) is 2. The molecule has 1 atom stereocenters. The van der Waals surface area contributed by atoms with Gasteiger partial charge in [0.15, 0.2) is 11.0 Å². The summed E-state index contributed by atoms with van der Waals surface area (Å²) in [5.74, 6) is -1.52. The van der Waals surface area contributed by atoms with Gasteiger partial charge in [0.25, 0.3) is 5.91 Å². The summed E-state index contributed by atoms with van der Waals surface area (Å²) < 4.78 is 29.0. The molecule has 1 aromatic heterocycles. The number of allylic oxidation sites excluding steroid dienone is 1. The zero-order chi connectivity index (χ0) is 22.0. The van der Waals surface area contributed by atoms with Gasteiger partial charge >= 0.3 is 0 Å². The molecule has 9 heteroatoms. The lowest BCUT2D eigenvalue weighted by Crippen LogP contribution is -2.25. The van der Waals surface area contributed by atoms with E-state index in [0.717, 1.165) is 11.6 Å². The fraction of sp³-hybridized carbons (Fsp3) is 0.0455. The van der Waals surface area contributed by atoms with Gasteiger partial charge in [0.2, 0.25) is 5.78 Å². The Morgan fingerprint density at radius 2 is 2.06 bits per heavy atom. The molecule has 31 heavy (non-hydrogen) atoms. The summed E-state index contributed by atoms with van der Waals surface area (Å²) in [4.78, 5) is 29.4. The molecule has 156 valence electrons. The third-order valence-electron chi connectivity index (χ3n) is 4.57. The highest BCUT2D eigenvalue weighted by Gasteiger charge is 2.28. The third kappa shape index (κ3) is 4.55. The SMILES string of the molecule is O=C(NCc1cccnc1)c1ccc2c(c1)C(=O)/C(=C\c1ccc(Cl)c(F)c1)S(=O)N2. The van der Waals surface area contributed by atoms with E-state index in [0.29, 0.717) is 11.3 Å². The van der Waals surface area contributed by atoms with Gasteiger partial charge in [-0.15, -0.1) is 0 Å². The molecule has 3 aromatic rings. The summed E-state index contributed by atoms with van der Waals surface area (Å²) >= 11 is 5.68. The van der Waals surface area contributed by atoms with Crippen molar-refractivity contribution in [3.63, 3.8) is 0 Å². The van der Waals surface area contributed by atoms with E-state index in [2.05, 4.69) is 15.0 Å². The van der Waals surface area contributed by atoms with Crippen molar-refractivity contribution in [2.75, 3.05) is 4.72 Å². The lowest BCUT2D eigenvalue weighted by atomic mass is 10.0. The molecule has 0 saturated carbocycles. The molecular formula is C22H15ClFN3O3S. The number of anilines is 1. The van der Waals surface area contributed by atoms with Gasteiger partial charge in [0.05, 0.1) is 10.7 Å². The van der Waals surface area contributed by atoms with Crippen molar-refractivity contribution >= 4 is 46.0 Å². The van der Waals surface area contributed by atoms with E-state index in [1.165, 1.54) is 36.4 Å². The van der Waals surface area contributed by atoms with Crippen molar-refractivity contribution < 1.29 is 18.2 Å². The van der Waals surface area contributed by atoms with Crippen molar-refractivity contribution in [3.8, 4) is 0 Å². The summed E-state index contributed by atoms with van der Waals surface area (Å²) in [6.07, 6.45) is 4.62. The monoisotopic (exact) mass is 455 g/mol. The second-order valence-electron chi connectivity index (χ2n) is 6.69. The van der Waals surface area contributed by atoms with Crippen LogP contribution in [0.2, 0.25) is 5.02 Å². The number of benzene rings is 2. The van der Waals surface area contributed by atoms with Crippen LogP contribution in [-0.4, -0.2) is 20.9 Å². The molecule has 4 rings (SSSR count). The fourth-order valence-corrected chi connectivity index (χ4v) is 4.12. The van der Waals surface area contributed by atoms with Crippen LogP contribution in [-0.2, 0) is 17.5 Å². The van der Waals surface area contributed by atoms with Gasteiger partial charge in [0, 0.05) is 30.1 Å². The molecule has 0 bridgehead atoms. The maximum Gasteiger partial charge on any atom is 0.251 e. The first kappa shape index (κ1) is 20.9. The summed E-state index contributed by atoms with van der Waals surface area (Å²) in [6, 6.07) is 12.1. The lowest BCUT2D eigenvalue weighted by molar-refractivity contribution is 0.0951. The van der Waals surface area contributed by atoms with Gasteiger partial charge in [-0.05, 0) is 53.6 Å². The second kappa shape index (κ2) is 8.79. The van der Waals surface area contributed by atoms with E-state index < -0.39 is 22.6 Å². The molecular weight excluding hydrogens is 441 g/mol. The van der Waals surface area contributed by atoms with E-state index in [1.807, 2.05) is 6.07 Å². The summed E-state index contributed by atoms with van der Waals surface area (Å²) in [5.41, 5.74) is 2.01. The molecule has 0 radical (unpaired) electrons. The number of Topliss-reactive ketones (excluding diaryl/α,β-unsaturated/α-hetero) is 1. The van der Waals surface area contributed by atoms with Crippen LogP contribution >= 0.6 is 11.6 Å². The minimum absolute atomic E-state index is 0.0522. The predicted molar refractivity (Wildman–Crippen MR) is 117 cm³/mol. The van der Waals surface area contributed by atoms with Gasteiger partial charge in [-0.3, -0.25) is 14.6 Å². The lowest BCUT2D eigenvalue weighted by Gasteiger charge is -2.19. The molecule has 0 aliphatic carbocycles. The van der Waals surface area contributed by atoms with Crippen molar-refractivity contribution in [1.82, 2.24) is 10.3 Å². The number of hydrogen-bond acceptors (Lipinski definition) is 4. The highest BCUT2D eigenvalue weighted by atomic mass is 35.5. The standard InChI is InChI=1S/C22H15ClFN3O3S/c23-17-5-3-13(8-18(17)24)9-20-21(28)16-10-15(4-6-19(16)27-31(20)30)22(29)26-12-14-2-1-7-25-11-14/h1-11,27H,12H2,(H,26,29)/b20-9+. The Balaban J connectivity index is 1.59. The zero-order valence-electron chi connectivity index (χ0n) is 15.9. The van der Waals surface area contributed by atoms with Crippen LogP contribution < -0.4 is 10.0 Å². The van der Waals surface area contributed by atoms with Gasteiger partial charge in [-0.1, -0.05) is 23.7 Å². The van der Waals surface area contributed by atoms with Crippen molar-refractivity contribution in [2.45, 2.75) is 6.54 Å². The predicted octanol–water partition coefficient (Wildman–Crippen LogP) is 4.12. The summed E-state index contributed by atoms with van der Waals surface area (Å²) in [6.45, 7) is 0.285. The van der Waals surface area contributed by atoms with Crippen LogP contribution in [0.15, 0.2) is 65.8 Å². The van der Waals surface area contributed by atoms with E-state index in [9.17, 15) is 18.2 Å². The van der Waals surface area contributed by atoms with Gasteiger partial charge < -0.3 is 10.0 Å². The number of carbonyl (C=O) groups excluding carboxylic acids is 2. The topological polar surface area (TPSA) is 88.2 Å². The number of carbonyl (C=O) groups is 2. The first-order valence-electron chi connectivity index (χ1n) is 9.13. The van der Waals surface area contributed by atoms with Crippen molar-refractivity contribution in [1.29, 1.82) is 0 Å². The summed E-state index contributed by atoms with van der Waals surface area (Å²) in [7, 11) is -1.83. The Labute approximate surface area is 184 Å². The molecule has 2 heterocycles. The highest BCUT2D eigenvalue weighted by molar-refractivity contribution is 7.91. The number of amides is 1. The first-order chi connectivity index (χ1) is 14.9. The molecule has 0 saturated heterocycles. The highest BCUT2D eigenvalue weighted by Crippen LogP contribution is 2.30. The minimum atomic E-state index is -1.83. The van der Waals surface area contributed by atoms with Gasteiger partial charge in [0.1, 0.15) is 10.7 Å². The largest absolute Gasteiger partial charge is 0.348 e. The molecule has 6 nitrogen and oxygen atoms in total. The van der Waals surface area contributed by atoms with Crippen LogP contribution in [0, 0.1) is 5.82 Å². The van der Waals surface area contributed by atoms with Crippen LogP contribution in [0.5, 0.6) is 0 Å². The Morgan fingerprint density at radius 3 is 2.81 bits per heavy atom. The number of rotatable bonds is 4. The Bertz CT molecular complexity index is 1250. The average molecular weight is 456 g/mol. The average Bonchev–Trinajstić information content (AvgIpc) is 2.78. The minimum Gasteiger partial charge on any atom is -0.348 e. The van der Waals surface area contributed by atoms with E-state index in [-0.39, 0.29) is 33.5 Å². The molecule has 1 aliphatic rings. The molecule has 1 unspecified atom stereocenters. The molecule has 0 spiro atoms. The molecule has 0 fully saturated rings. The number of hydrogen-bond donors (Lipinski definition) is 2. The number of nitrogens with zero attached hydrogens (tertiary/aromatic N) is 1. The van der Waals surface area contributed by atoms with Crippen LogP contribution in [0.1, 0.15) is 31.8 Å². The Hall–Kier alpha value is -3.36. The van der Waals surface area contributed by atoms with E-state index in [4.69, 9.17) is 11.6 Å². The van der Waals surface area contributed by atoms with Gasteiger partial charge in [-0.25, -0.2) is 8.60 Å². The Morgan fingerprint density at radius 1 is 1.23 bits per heavy atom. The fourth-order valence-electron chi connectivity index (χ4n) is 2.99. The number of aromatic nitrogens is 1. The molecule has 1 amide bonds. The second-order valence-corrected chi connectivity index (χ2v) is 8.27. The number of ketones is 1. The van der Waals surface area contributed by atoms with Crippen LogP contribution in [0.3, 0.4) is 0 Å². The quantitative estimate of drug-likeness (QED) is 0.579. The number of halogens is 2. The molecule has 2 N–H and O–H groups in total. The normalized spacial score (nSPS) is 16.5. The van der Waals surface area contributed by atoms with Gasteiger partial charge in [-0.2, -0.15) is 0 Å². The molecule has 2 aromatic carbocycles. The third-order valence-corrected chi connectivity index (χ3v) is 5.98. The van der Waals surface area contributed by atoms with Crippen LogP contribution in [0.25, 0.3) is 6.08 Å². The van der Waals surface area contributed by atoms with E-state index >= 15 is 0 Å². The maximum absolute atomic E-state index is 13.7. The first-order valence-corrected chi connectivity index (χ1v) is 10.7. The van der Waals surface area contributed by atoms with Crippen molar-refractivity contribution in [3.05, 3.63) is 98.9 Å². The van der Waals surface area contributed by atoms with E-state index in [1.54, 1.807) is 18.5 Å². The summed E-state index contributed by atoms with van der Waals surface area (Å²) in [5, 5.41) is 2.72. The Kier molecular flexibility index (Phi) is 5.92. The number of fused-ring (bicyclic) bond motifs is 1. The zero-order valence-corrected chi connectivity index (χ0v) is 17.5. The smallest absolute Gasteiger partial charge is 0.251 e. The maximum atomic E-state index is 13.7. The molecule has 1 aliphatic heterocycles. The van der Waals surface area contributed by atoms with Crippen LogP contribution in [0.4, 0.5) is 10.1 Å².